The Bertz CT molecular complexity index is 286. The molecule has 0 fully saturated rings. The van der Waals surface area contributed by atoms with Gasteiger partial charge in [0.25, 0.3) is 0 Å². The molecule has 15 heavy (non-hydrogen) atoms. The van der Waals surface area contributed by atoms with E-state index in [4.69, 9.17) is 0 Å². The molecule has 1 rings (SSSR count). The molecule has 84 valence electrons. The summed E-state index contributed by atoms with van der Waals surface area (Å²) in [5.74, 6) is 1.16. The maximum absolute atomic E-state index is 3.37. The molecule has 1 nitrogen and oxygen atoms in total. The van der Waals surface area contributed by atoms with E-state index in [1.54, 1.807) is 0 Å². The normalized spacial score (nSPS) is 12.7. The first-order valence-electron chi connectivity index (χ1n) is 5.63. The molecule has 0 aliphatic rings. The summed E-state index contributed by atoms with van der Waals surface area (Å²) in [6, 6.07) is 9.24. The first-order valence-corrected chi connectivity index (χ1v) is 6.62. The Balaban J connectivity index is 2.45. The van der Waals surface area contributed by atoms with Crippen molar-refractivity contribution >= 4 is 11.8 Å². The van der Waals surface area contributed by atoms with Crippen molar-refractivity contribution in [3.63, 3.8) is 0 Å². The summed E-state index contributed by atoms with van der Waals surface area (Å²) >= 11 is 1.96. The van der Waals surface area contributed by atoms with Crippen LogP contribution < -0.4 is 5.32 Å². The second-order valence-corrected chi connectivity index (χ2v) is 4.91. The molecule has 0 aliphatic heterocycles. The second-order valence-electron chi connectivity index (χ2n) is 3.85. The third-order valence-corrected chi connectivity index (χ3v) is 3.92. The Kier molecular flexibility index (Phi) is 5.81. The number of aryl methyl sites for hydroxylation is 1. The molecule has 0 aliphatic carbocycles. The highest BCUT2D eigenvalue weighted by Gasteiger charge is 2.06. The van der Waals surface area contributed by atoms with Crippen molar-refractivity contribution in [1.29, 1.82) is 0 Å². The van der Waals surface area contributed by atoms with Gasteiger partial charge in [0.2, 0.25) is 0 Å². The predicted octanol–water partition coefficient (Wildman–Crippen LogP) is 3.48. The monoisotopic (exact) mass is 223 g/mol. The van der Waals surface area contributed by atoms with Crippen LogP contribution in [0.2, 0.25) is 0 Å². The van der Waals surface area contributed by atoms with E-state index in [9.17, 15) is 0 Å². The van der Waals surface area contributed by atoms with E-state index in [1.165, 1.54) is 23.3 Å². The topological polar surface area (TPSA) is 12.0 Å². The van der Waals surface area contributed by atoms with Crippen molar-refractivity contribution in [2.24, 2.45) is 0 Å². The fraction of sp³-hybridized carbons (Fsp3) is 0.538. The second kappa shape index (κ2) is 6.91. The van der Waals surface area contributed by atoms with Crippen molar-refractivity contribution in [2.45, 2.75) is 37.6 Å². The van der Waals surface area contributed by atoms with Gasteiger partial charge in [-0.1, -0.05) is 31.5 Å². The highest BCUT2D eigenvalue weighted by molar-refractivity contribution is 7.99. The lowest BCUT2D eigenvalue weighted by Crippen LogP contribution is -2.27. The molecule has 0 bridgehead atoms. The Hall–Kier alpha value is -0.470. The first kappa shape index (κ1) is 12.6. The SMILES string of the molecule is CCCC(CSc1ccccc1C)NC. The van der Waals surface area contributed by atoms with Gasteiger partial charge in [0.05, 0.1) is 0 Å². The Morgan fingerprint density at radius 2 is 2.07 bits per heavy atom. The van der Waals surface area contributed by atoms with Crippen LogP contribution in [0.1, 0.15) is 25.3 Å². The summed E-state index contributed by atoms with van der Waals surface area (Å²) in [6.45, 7) is 4.42. The Morgan fingerprint density at radius 1 is 1.33 bits per heavy atom. The lowest BCUT2D eigenvalue weighted by Gasteiger charge is -2.15. The molecule has 1 aromatic rings. The molecule has 0 amide bonds. The number of nitrogens with one attached hydrogen (secondary N) is 1. The van der Waals surface area contributed by atoms with Crippen LogP contribution in [0.15, 0.2) is 29.2 Å². The average molecular weight is 223 g/mol. The van der Waals surface area contributed by atoms with Crippen LogP contribution in [-0.2, 0) is 0 Å². The number of benzene rings is 1. The molecule has 0 radical (unpaired) electrons. The molecule has 1 unspecified atom stereocenters. The summed E-state index contributed by atoms with van der Waals surface area (Å²) in [5, 5.41) is 3.37. The summed E-state index contributed by atoms with van der Waals surface area (Å²) in [4.78, 5) is 1.41. The molecule has 0 spiro atoms. The largest absolute Gasteiger partial charge is 0.316 e. The zero-order chi connectivity index (χ0) is 11.1. The quantitative estimate of drug-likeness (QED) is 0.741. The van der Waals surface area contributed by atoms with Gasteiger partial charge in [-0.25, -0.2) is 0 Å². The van der Waals surface area contributed by atoms with Gasteiger partial charge in [0.1, 0.15) is 0 Å². The molecule has 1 aromatic carbocycles. The van der Waals surface area contributed by atoms with Gasteiger partial charge in [-0.05, 0) is 32.0 Å². The van der Waals surface area contributed by atoms with Gasteiger partial charge < -0.3 is 5.32 Å². The number of thioether (sulfide) groups is 1. The van der Waals surface area contributed by atoms with Crippen molar-refractivity contribution in [2.75, 3.05) is 12.8 Å². The van der Waals surface area contributed by atoms with Crippen molar-refractivity contribution < 1.29 is 0 Å². The number of hydrogen-bond donors (Lipinski definition) is 1. The van der Waals surface area contributed by atoms with Crippen LogP contribution in [0, 0.1) is 6.92 Å². The molecule has 0 aromatic heterocycles. The molecule has 2 heteroatoms. The summed E-state index contributed by atoms with van der Waals surface area (Å²) in [7, 11) is 2.05. The minimum Gasteiger partial charge on any atom is -0.316 e. The van der Waals surface area contributed by atoms with Crippen LogP contribution in [0.5, 0.6) is 0 Å². The van der Waals surface area contributed by atoms with E-state index >= 15 is 0 Å². The van der Waals surface area contributed by atoms with Crippen molar-refractivity contribution in [3.8, 4) is 0 Å². The minimum atomic E-state index is 0.639. The molecule has 0 saturated carbocycles. The zero-order valence-electron chi connectivity index (χ0n) is 9.92. The smallest absolute Gasteiger partial charge is 0.0158 e. The standard InChI is InChI=1S/C13H21NS/c1-4-7-12(14-3)10-15-13-9-6-5-8-11(13)2/h5-6,8-9,12,14H,4,7,10H2,1-3H3. The molecule has 0 saturated heterocycles. The lowest BCUT2D eigenvalue weighted by molar-refractivity contribution is 0.564. The summed E-state index contributed by atoms with van der Waals surface area (Å²) < 4.78 is 0. The van der Waals surface area contributed by atoms with Gasteiger partial charge in [0.15, 0.2) is 0 Å². The molecule has 1 atom stereocenters. The lowest BCUT2D eigenvalue weighted by atomic mass is 10.2. The Morgan fingerprint density at radius 3 is 2.67 bits per heavy atom. The van der Waals surface area contributed by atoms with E-state index in [-0.39, 0.29) is 0 Å². The van der Waals surface area contributed by atoms with E-state index < -0.39 is 0 Å². The minimum absolute atomic E-state index is 0.639. The summed E-state index contributed by atoms with van der Waals surface area (Å²) in [5.41, 5.74) is 1.38. The molecular formula is C13H21NS. The van der Waals surface area contributed by atoms with E-state index in [0.29, 0.717) is 6.04 Å². The van der Waals surface area contributed by atoms with Gasteiger partial charge in [0, 0.05) is 16.7 Å². The zero-order valence-corrected chi connectivity index (χ0v) is 10.7. The number of rotatable bonds is 6. The highest BCUT2D eigenvalue weighted by atomic mass is 32.2. The van der Waals surface area contributed by atoms with Gasteiger partial charge >= 0.3 is 0 Å². The fourth-order valence-electron chi connectivity index (χ4n) is 1.57. The predicted molar refractivity (Wildman–Crippen MR) is 69.7 cm³/mol. The van der Waals surface area contributed by atoms with Crippen LogP contribution in [-0.4, -0.2) is 18.8 Å². The Labute approximate surface area is 97.7 Å². The van der Waals surface area contributed by atoms with Gasteiger partial charge in [-0.3, -0.25) is 0 Å². The van der Waals surface area contributed by atoms with E-state index in [1.807, 2.05) is 11.8 Å². The third kappa shape index (κ3) is 4.27. The maximum Gasteiger partial charge on any atom is 0.0158 e. The van der Waals surface area contributed by atoms with Crippen LogP contribution in [0.4, 0.5) is 0 Å². The third-order valence-electron chi connectivity index (χ3n) is 2.58. The highest BCUT2D eigenvalue weighted by Crippen LogP contribution is 2.23. The van der Waals surface area contributed by atoms with Crippen molar-refractivity contribution in [3.05, 3.63) is 29.8 Å². The van der Waals surface area contributed by atoms with Crippen LogP contribution >= 0.6 is 11.8 Å². The van der Waals surface area contributed by atoms with Gasteiger partial charge in [-0.2, -0.15) is 0 Å². The van der Waals surface area contributed by atoms with Gasteiger partial charge in [-0.15, -0.1) is 11.8 Å². The average Bonchev–Trinajstić information content (AvgIpc) is 2.26. The molecule has 0 heterocycles. The van der Waals surface area contributed by atoms with E-state index in [2.05, 4.69) is 50.5 Å². The summed E-state index contributed by atoms with van der Waals surface area (Å²) in [6.07, 6.45) is 2.51. The fourth-order valence-corrected chi connectivity index (χ4v) is 2.75. The number of hydrogen-bond acceptors (Lipinski definition) is 2. The molecular weight excluding hydrogens is 202 g/mol. The maximum atomic E-state index is 3.37. The van der Waals surface area contributed by atoms with E-state index in [0.717, 1.165) is 5.75 Å². The van der Waals surface area contributed by atoms with Crippen molar-refractivity contribution in [1.82, 2.24) is 5.32 Å². The van der Waals surface area contributed by atoms with Crippen LogP contribution in [0.25, 0.3) is 0 Å². The first-order chi connectivity index (χ1) is 7.27. The van der Waals surface area contributed by atoms with Crippen LogP contribution in [0.3, 0.4) is 0 Å². The molecule has 1 N–H and O–H groups in total.